The molecule has 0 saturated carbocycles. The first-order chi connectivity index (χ1) is 15.6. The third-order valence-corrected chi connectivity index (χ3v) is 6.40. The number of hydroxylamine groups is 1. The minimum absolute atomic E-state index is 0.225. The number of imide groups is 1. The summed E-state index contributed by atoms with van der Waals surface area (Å²) in [7, 11) is 1.59. The van der Waals surface area contributed by atoms with Crippen LogP contribution in [0.15, 0.2) is 83.3 Å². The largest absolute Gasteiger partial charge is 0.496 e. The minimum Gasteiger partial charge on any atom is -0.496 e. The molecule has 0 spiro atoms. The van der Waals surface area contributed by atoms with Crippen molar-refractivity contribution in [1.29, 1.82) is 0 Å². The van der Waals surface area contributed by atoms with E-state index in [9.17, 15) is 9.59 Å². The summed E-state index contributed by atoms with van der Waals surface area (Å²) in [5, 5.41) is 1.68. The van der Waals surface area contributed by atoms with Crippen LogP contribution in [0, 0.1) is 5.92 Å². The van der Waals surface area contributed by atoms with Gasteiger partial charge >= 0.3 is 0 Å². The Morgan fingerprint density at radius 1 is 0.938 bits per heavy atom. The third-order valence-electron chi connectivity index (χ3n) is 5.91. The molecule has 2 aliphatic heterocycles. The minimum atomic E-state index is -0.889. The summed E-state index contributed by atoms with van der Waals surface area (Å²) in [5.41, 5.74) is 2.44. The normalized spacial score (nSPS) is 22.4. The highest BCUT2D eigenvalue weighted by atomic mass is 79.9. The zero-order chi connectivity index (χ0) is 22.2. The molecular formula is C25H21BrN2O4. The molecule has 2 heterocycles. The number of amides is 2. The zero-order valence-electron chi connectivity index (χ0n) is 17.4. The number of rotatable bonds is 5. The molecule has 0 N–H and O–H groups in total. The summed E-state index contributed by atoms with van der Waals surface area (Å²) in [5.74, 6) is -0.615. The van der Waals surface area contributed by atoms with Crippen molar-refractivity contribution < 1.29 is 19.2 Å². The van der Waals surface area contributed by atoms with E-state index in [1.54, 1.807) is 12.2 Å². The number of likely N-dealkylation sites (tertiary alicyclic amines) is 1. The van der Waals surface area contributed by atoms with Gasteiger partial charge in [0.1, 0.15) is 11.7 Å². The summed E-state index contributed by atoms with van der Waals surface area (Å²) in [6, 6.07) is 24.1. The van der Waals surface area contributed by atoms with Gasteiger partial charge < -0.3 is 4.74 Å². The van der Waals surface area contributed by atoms with Crippen LogP contribution in [-0.4, -0.2) is 29.9 Å². The van der Waals surface area contributed by atoms with E-state index < -0.39 is 18.1 Å². The van der Waals surface area contributed by atoms with Crippen LogP contribution < -0.4 is 9.80 Å². The predicted octanol–water partition coefficient (Wildman–Crippen LogP) is 4.50. The molecule has 2 fully saturated rings. The molecule has 5 rings (SSSR count). The molecule has 6 nitrogen and oxygen atoms in total. The van der Waals surface area contributed by atoms with E-state index in [4.69, 9.17) is 9.57 Å². The molecule has 3 aromatic carbocycles. The molecule has 7 heteroatoms. The lowest BCUT2D eigenvalue weighted by atomic mass is 9.90. The fraction of sp³-hybridized carbons (Fsp3) is 0.200. The molecule has 0 unspecified atom stereocenters. The van der Waals surface area contributed by atoms with Crippen molar-refractivity contribution in [2.45, 2.75) is 18.7 Å². The highest BCUT2D eigenvalue weighted by Gasteiger charge is 2.60. The van der Waals surface area contributed by atoms with E-state index in [0.717, 1.165) is 21.3 Å². The van der Waals surface area contributed by atoms with Crippen LogP contribution in [0.25, 0.3) is 0 Å². The van der Waals surface area contributed by atoms with Gasteiger partial charge in [-0.2, -0.15) is 0 Å². The Balaban J connectivity index is 1.58. The van der Waals surface area contributed by atoms with E-state index >= 15 is 0 Å². The Labute approximate surface area is 194 Å². The Bertz CT molecular complexity index is 1160. The van der Waals surface area contributed by atoms with Gasteiger partial charge in [-0.15, -0.1) is 0 Å². The van der Waals surface area contributed by atoms with Crippen molar-refractivity contribution in [1.82, 2.24) is 4.90 Å². The molecule has 3 atom stereocenters. The van der Waals surface area contributed by atoms with Crippen LogP contribution >= 0.6 is 15.9 Å². The molecule has 0 aliphatic carbocycles. The van der Waals surface area contributed by atoms with Crippen LogP contribution in [0.2, 0.25) is 0 Å². The van der Waals surface area contributed by atoms with Crippen LogP contribution in [0.3, 0.4) is 0 Å². The number of carbonyl (C=O) groups is 2. The highest BCUT2D eigenvalue weighted by Crippen LogP contribution is 2.49. The van der Waals surface area contributed by atoms with E-state index in [1.807, 2.05) is 78.9 Å². The number of methoxy groups -OCH3 is 1. The van der Waals surface area contributed by atoms with Crippen LogP contribution in [0.1, 0.15) is 17.2 Å². The number of benzene rings is 3. The lowest BCUT2D eigenvalue weighted by Gasteiger charge is -2.29. The number of ether oxygens (including phenoxy) is 1. The van der Waals surface area contributed by atoms with Gasteiger partial charge in [0, 0.05) is 10.0 Å². The molecular weight excluding hydrogens is 472 g/mol. The van der Waals surface area contributed by atoms with Gasteiger partial charge in [-0.1, -0.05) is 64.5 Å². The lowest BCUT2D eigenvalue weighted by Crippen LogP contribution is -2.37. The van der Waals surface area contributed by atoms with Crippen LogP contribution in [0.4, 0.5) is 5.69 Å². The number of halogens is 1. The Morgan fingerprint density at radius 2 is 1.62 bits per heavy atom. The second-order valence-corrected chi connectivity index (χ2v) is 8.71. The van der Waals surface area contributed by atoms with Gasteiger partial charge in [0.25, 0.3) is 5.91 Å². The summed E-state index contributed by atoms with van der Waals surface area (Å²) < 4.78 is 6.47. The molecule has 2 aliphatic rings. The first-order valence-electron chi connectivity index (χ1n) is 10.3. The molecule has 2 amide bonds. The smallest absolute Gasteiger partial charge is 0.262 e. The molecule has 162 valence electrons. The average Bonchev–Trinajstić information content (AvgIpc) is 3.32. The predicted molar refractivity (Wildman–Crippen MR) is 123 cm³/mol. The third kappa shape index (κ3) is 3.47. The fourth-order valence-electron chi connectivity index (χ4n) is 4.44. The second kappa shape index (κ2) is 8.41. The van der Waals surface area contributed by atoms with Gasteiger partial charge in [-0.3, -0.25) is 19.3 Å². The standard InChI is InChI=1S/C25H21BrN2O4/c1-31-20-13-12-17(26)14-19(20)22-21-23(32-28(22)18-10-6-3-7-11-18)25(30)27(24(21)29)15-16-8-4-2-5-9-16/h2-14,21-23H,15H2,1H3/t21-,22+,23+/m1/s1. The SMILES string of the molecule is COc1ccc(Br)cc1[C@H]1[C@H]2C(=O)N(Cc3ccccc3)C(=O)[C@H]2ON1c1ccccc1. The van der Waals surface area contributed by atoms with Crippen LogP contribution in [-0.2, 0) is 21.0 Å². The molecule has 32 heavy (non-hydrogen) atoms. The van der Waals surface area contributed by atoms with E-state index in [0.29, 0.717) is 5.75 Å². The van der Waals surface area contributed by atoms with Gasteiger partial charge in [-0.05, 0) is 35.9 Å². The lowest BCUT2D eigenvalue weighted by molar-refractivity contribution is -0.143. The zero-order valence-corrected chi connectivity index (χ0v) is 18.9. The van der Waals surface area contributed by atoms with E-state index in [1.165, 1.54) is 4.90 Å². The van der Waals surface area contributed by atoms with Crippen molar-refractivity contribution in [3.63, 3.8) is 0 Å². The number of anilines is 1. The summed E-state index contributed by atoms with van der Waals surface area (Å²) in [6.07, 6.45) is -0.889. The van der Waals surface area contributed by atoms with Gasteiger partial charge in [0.05, 0.1) is 25.4 Å². The van der Waals surface area contributed by atoms with Gasteiger partial charge in [-0.25, -0.2) is 5.06 Å². The maximum atomic E-state index is 13.6. The number of fused-ring (bicyclic) bond motifs is 1. The van der Waals surface area contributed by atoms with Gasteiger partial charge in [0.15, 0.2) is 6.10 Å². The quantitative estimate of drug-likeness (QED) is 0.490. The molecule has 0 radical (unpaired) electrons. The van der Waals surface area contributed by atoms with Crippen LogP contribution in [0.5, 0.6) is 5.75 Å². The average molecular weight is 493 g/mol. The van der Waals surface area contributed by atoms with Gasteiger partial charge in [0.2, 0.25) is 5.91 Å². The topological polar surface area (TPSA) is 59.1 Å². The molecule has 2 saturated heterocycles. The van der Waals surface area contributed by atoms with Crippen molar-refractivity contribution in [2.24, 2.45) is 5.92 Å². The first-order valence-corrected chi connectivity index (χ1v) is 11.1. The molecule has 3 aromatic rings. The Morgan fingerprint density at radius 3 is 2.31 bits per heavy atom. The van der Waals surface area contributed by atoms with Crippen molar-refractivity contribution >= 4 is 33.4 Å². The number of carbonyl (C=O) groups excluding carboxylic acids is 2. The summed E-state index contributed by atoms with van der Waals surface area (Å²) in [6.45, 7) is 0.225. The number of hydrogen-bond acceptors (Lipinski definition) is 5. The second-order valence-electron chi connectivity index (χ2n) is 7.79. The molecule has 0 bridgehead atoms. The number of para-hydroxylation sites is 1. The maximum absolute atomic E-state index is 13.6. The summed E-state index contributed by atoms with van der Waals surface area (Å²) in [4.78, 5) is 34.4. The Kier molecular flexibility index (Phi) is 5.45. The fourth-order valence-corrected chi connectivity index (χ4v) is 4.82. The Hall–Kier alpha value is -3.16. The maximum Gasteiger partial charge on any atom is 0.262 e. The van der Waals surface area contributed by atoms with Crippen molar-refractivity contribution in [2.75, 3.05) is 12.2 Å². The summed E-state index contributed by atoms with van der Waals surface area (Å²) >= 11 is 3.53. The molecule has 0 aromatic heterocycles. The first kappa shape index (κ1) is 20.7. The van der Waals surface area contributed by atoms with Crippen molar-refractivity contribution in [3.8, 4) is 5.75 Å². The van der Waals surface area contributed by atoms with Crippen molar-refractivity contribution in [3.05, 3.63) is 94.5 Å². The van der Waals surface area contributed by atoms with E-state index in [2.05, 4.69) is 15.9 Å². The number of nitrogens with zero attached hydrogens (tertiary/aromatic N) is 2. The highest BCUT2D eigenvalue weighted by molar-refractivity contribution is 9.10. The van der Waals surface area contributed by atoms with E-state index in [-0.39, 0.29) is 18.4 Å². The monoisotopic (exact) mass is 492 g/mol. The number of hydrogen-bond donors (Lipinski definition) is 0.